The lowest BCUT2D eigenvalue weighted by Gasteiger charge is -2.14. The molecular formula is C12H17N3O4. The number of hydrogen-bond donors (Lipinski definition) is 2. The van der Waals surface area contributed by atoms with E-state index in [0.717, 1.165) is 6.54 Å². The van der Waals surface area contributed by atoms with Crippen molar-refractivity contribution < 1.29 is 14.8 Å². The number of nitro benzene ring substituents is 1. The second kappa shape index (κ2) is 6.69. The molecule has 0 aliphatic carbocycles. The van der Waals surface area contributed by atoms with E-state index >= 15 is 0 Å². The van der Waals surface area contributed by atoms with Crippen LogP contribution < -0.4 is 5.32 Å². The highest BCUT2D eigenvalue weighted by atomic mass is 16.6. The van der Waals surface area contributed by atoms with Gasteiger partial charge in [0.05, 0.1) is 10.5 Å². The van der Waals surface area contributed by atoms with E-state index in [1.807, 2.05) is 18.9 Å². The summed E-state index contributed by atoms with van der Waals surface area (Å²) in [5, 5.41) is 22.7. The Balaban J connectivity index is 2.85. The molecule has 0 fully saturated rings. The minimum Gasteiger partial charge on any atom is -0.478 e. The molecule has 0 saturated heterocycles. The van der Waals surface area contributed by atoms with Crippen molar-refractivity contribution in [2.45, 2.75) is 6.92 Å². The molecular weight excluding hydrogens is 250 g/mol. The summed E-state index contributed by atoms with van der Waals surface area (Å²) in [6, 6.07) is 3.71. The number of hydrogen-bond acceptors (Lipinski definition) is 5. The molecule has 104 valence electrons. The molecule has 0 spiro atoms. The van der Waals surface area contributed by atoms with Crippen molar-refractivity contribution in [1.29, 1.82) is 0 Å². The third-order valence-corrected chi connectivity index (χ3v) is 2.79. The molecule has 1 aromatic carbocycles. The van der Waals surface area contributed by atoms with Crippen LogP contribution >= 0.6 is 0 Å². The lowest BCUT2D eigenvalue weighted by atomic mass is 10.1. The lowest BCUT2D eigenvalue weighted by molar-refractivity contribution is -0.384. The number of nitro groups is 1. The van der Waals surface area contributed by atoms with Crippen molar-refractivity contribution in [2.24, 2.45) is 0 Å². The first-order chi connectivity index (χ1) is 8.95. The van der Waals surface area contributed by atoms with Gasteiger partial charge in [-0.25, -0.2) is 4.79 Å². The highest BCUT2D eigenvalue weighted by Gasteiger charge is 2.16. The normalized spacial score (nSPS) is 10.5. The maximum atomic E-state index is 10.9. The summed E-state index contributed by atoms with van der Waals surface area (Å²) < 4.78 is 0. The number of benzene rings is 1. The van der Waals surface area contributed by atoms with Crippen LogP contribution in [0.15, 0.2) is 18.2 Å². The Kier molecular flexibility index (Phi) is 5.25. The average Bonchev–Trinajstić information content (AvgIpc) is 2.37. The zero-order valence-electron chi connectivity index (χ0n) is 10.9. The van der Waals surface area contributed by atoms with E-state index in [-0.39, 0.29) is 16.9 Å². The average molecular weight is 267 g/mol. The highest BCUT2D eigenvalue weighted by molar-refractivity contribution is 5.90. The van der Waals surface area contributed by atoms with Gasteiger partial charge in [-0.1, -0.05) is 6.92 Å². The van der Waals surface area contributed by atoms with Gasteiger partial charge in [0.15, 0.2) is 0 Å². The summed E-state index contributed by atoms with van der Waals surface area (Å²) in [6.07, 6.45) is 0. The van der Waals surface area contributed by atoms with E-state index in [4.69, 9.17) is 5.11 Å². The number of aromatic carboxylic acids is 1. The summed E-state index contributed by atoms with van der Waals surface area (Å²) in [5.41, 5.74) is 0.135. The summed E-state index contributed by atoms with van der Waals surface area (Å²) in [4.78, 5) is 23.2. The first kappa shape index (κ1) is 14.9. The van der Waals surface area contributed by atoms with Gasteiger partial charge in [0, 0.05) is 19.2 Å². The van der Waals surface area contributed by atoms with Crippen molar-refractivity contribution in [3.8, 4) is 0 Å². The first-order valence-electron chi connectivity index (χ1n) is 5.89. The Hall–Kier alpha value is -2.15. The molecule has 1 aromatic rings. The summed E-state index contributed by atoms with van der Waals surface area (Å²) >= 11 is 0. The van der Waals surface area contributed by atoms with Crippen LogP contribution in [-0.2, 0) is 0 Å². The fourth-order valence-corrected chi connectivity index (χ4v) is 1.51. The van der Waals surface area contributed by atoms with Crippen molar-refractivity contribution >= 4 is 17.3 Å². The SMILES string of the molecule is CCN(C)CCNc1cc(C(=O)O)ccc1[N+](=O)[O-]. The maximum absolute atomic E-state index is 10.9. The summed E-state index contributed by atoms with van der Waals surface area (Å²) in [7, 11) is 1.93. The Morgan fingerprint density at radius 2 is 2.21 bits per heavy atom. The lowest BCUT2D eigenvalue weighted by Crippen LogP contribution is -2.25. The van der Waals surface area contributed by atoms with Crippen LogP contribution in [0.2, 0.25) is 0 Å². The van der Waals surface area contributed by atoms with Gasteiger partial charge < -0.3 is 15.3 Å². The molecule has 7 heteroatoms. The summed E-state index contributed by atoms with van der Waals surface area (Å²) in [6.45, 7) is 4.10. The Labute approximate surface area is 111 Å². The molecule has 0 aromatic heterocycles. The number of carbonyl (C=O) groups is 1. The number of anilines is 1. The Morgan fingerprint density at radius 1 is 1.53 bits per heavy atom. The number of nitrogens with one attached hydrogen (secondary N) is 1. The van der Waals surface area contributed by atoms with Crippen LogP contribution in [0.25, 0.3) is 0 Å². The minimum atomic E-state index is -1.11. The molecule has 0 heterocycles. The number of carboxylic acid groups (broad SMARTS) is 1. The molecule has 0 amide bonds. The molecule has 0 aliphatic heterocycles. The van der Waals surface area contributed by atoms with Gasteiger partial charge in [-0.05, 0) is 25.7 Å². The number of rotatable bonds is 7. The molecule has 2 N–H and O–H groups in total. The fraction of sp³-hybridized carbons (Fsp3) is 0.417. The minimum absolute atomic E-state index is 0.0250. The molecule has 0 unspecified atom stereocenters. The van der Waals surface area contributed by atoms with E-state index in [1.165, 1.54) is 18.2 Å². The third kappa shape index (κ3) is 4.22. The zero-order chi connectivity index (χ0) is 14.4. The zero-order valence-corrected chi connectivity index (χ0v) is 10.9. The monoisotopic (exact) mass is 267 g/mol. The van der Waals surface area contributed by atoms with E-state index in [9.17, 15) is 14.9 Å². The quantitative estimate of drug-likeness (QED) is 0.576. The van der Waals surface area contributed by atoms with Gasteiger partial charge >= 0.3 is 5.97 Å². The predicted octanol–water partition coefficient (Wildman–Crippen LogP) is 1.66. The topological polar surface area (TPSA) is 95.7 Å². The van der Waals surface area contributed by atoms with E-state index in [2.05, 4.69) is 5.32 Å². The maximum Gasteiger partial charge on any atom is 0.335 e. The van der Waals surface area contributed by atoms with Crippen LogP contribution in [0.1, 0.15) is 17.3 Å². The fourth-order valence-electron chi connectivity index (χ4n) is 1.51. The van der Waals surface area contributed by atoms with Crippen LogP contribution in [0.4, 0.5) is 11.4 Å². The standard InChI is InChI=1S/C12H17N3O4/c1-3-14(2)7-6-13-10-8-9(12(16)17)4-5-11(10)15(18)19/h4-5,8,13H,3,6-7H2,1-2H3,(H,16,17). The number of nitrogens with zero attached hydrogens (tertiary/aromatic N) is 2. The Bertz CT molecular complexity index is 476. The van der Waals surface area contributed by atoms with Gasteiger partial charge in [-0.2, -0.15) is 0 Å². The smallest absolute Gasteiger partial charge is 0.335 e. The third-order valence-electron chi connectivity index (χ3n) is 2.79. The molecule has 0 saturated carbocycles. The second-order valence-corrected chi connectivity index (χ2v) is 4.12. The first-order valence-corrected chi connectivity index (χ1v) is 5.89. The van der Waals surface area contributed by atoms with Crippen LogP contribution in [0.3, 0.4) is 0 Å². The number of carboxylic acids is 1. The van der Waals surface area contributed by atoms with Crippen molar-refractivity contribution in [3.63, 3.8) is 0 Å². The number of likely N-dealkylation sites (N-methyl/N-ethyl adjacent to an activating group) is 1. The molecule has 7 nitrogen and oxygen atoms in total. The van der Waals surface area contributed by atoms with Crippen molar-refractivity contribution in [1.82, 2.24) is 4.90 Å². The molecule has 0 radical (unpaired) electrons. The highest BCUT2D eigenvalue weighted by Crippen LogP contribution is 2.25. The summed E-state index contributed by atoms with van der Waals surface area (Å²) in [5.74, 6) is -1.11. The largest absolute Gasteiger partial charge is 0.478 e. The Morgan fingerprint density at radius 3 is 2.74 bits per heavy atom. The van der Waals surface area contributed by atoms with Gasteiger partial charge in [0.2, 0.25) is 0 Å². The predicted molar refractivity (Wildman–Crippen MR) is 71.7 cm³/mol. The van der Waals surface area contributed by atoms with E-state index in [0.29, 0.717) is 13.1 Å². The van der Waals surface area contributed by atoms with Crippen LogP contribution in [-0.4, -0.2) is 47.6 Å². The van der Waals surface area contributed by atoms with Gasteiger partial charge in [0.1, 0.15) is 5.69 Å². The second-order valence-electron chi connectivity index (χ2n) is 4.12. The van der Waals surface area contributed by atoms with Gasteiger partial charge in [-0.15, -0.1) is 0 Å². The van der Waals surface area contributed by atoms with Crippen LogP contribution in [0.5, 0.6) is 0 Å². The van der Waals surface area contributed by atoms with E-state index < -0.39 is 10.9 Å². The van der Waals surface area contributed by atoms with E-state index in [1.54, 1.807) is 0 Å². The molecule has 0 aliphatic rings. The molecule has 0 atom stereocenters. The van der Waals surface area contributed by atoms with Crippen molar-refractivity contribution in [3.05, 3.63) is 33.9 Å². The molecule has 0 bridgehead atoms. The molecule has 1 rings (SSSR count). The van der Waals surface area contributed by atoms with Gasteiger partial charge in [-0.3, -0.25) is 10.1 Å². The van der Waals surface area contributed by atoms with Crippen LogP contribution in [0, 0.1) is 10.1 Å². The molecule has 19 heavy (non-hydrogen) atoms. The van der Waals surface area contributed by atoms with Gasteiger partial charge in [0.25, 0.3) is 5.69 Å². The van der Waals surface area contributed by atoms with Crippen molar-refractivity contribution in [2.75, 3.05) is 32.0 Å².